The number of nitrogens with zero attached hydrogens (tertiary/aromatic N) is 2. The standard InChI is InChI=1S/C11H13N5O3S/c12-10-5-6-16(15-10)7-11(17)14-8-3-1-2-4-9(8)20(13,18)19/h1-6H,7H2,(H2,12,15)(H,14,17)(H2,13,18,19). The number of carbonyl (C=O) groups excluding carboxylic acids is 1. The number of rotatable bonds is 4. The smallest absolute Gasteiger partial charge is 0.246 e. The van der Waals surface area contributed by atoms with E-state index >= 15 is 0 Å². The average Bonchev–Trinajstić information content (AvgIpc) is 2.73. The van der Waals surface area contributed by atoms with E-state index in [-0.39, 0.29) is 17.1 Å². The first-order valence-electron chi connectivity index (χ1n) is 5.57. The summed E-state index contributed by atoms with van der Waals surface area (Å²) in [6, 6.07) is 7.43. The molecule has 0 aliphatic carbocycles. The van der Waals surface area contributed by atoms with Gasteiger partial charge in [-0.05, 0) is 18.2 Å². The van der Waals surface area contributed by atoms with Gasteiger partial charge in [0, 0.05) is 6.20 Å². The molecule has 1 amide bonds. The Morgan fingerprint density at radius 1 is 1.30 bits per heavy atom. The number of hydrogen-bond acceptors (Lipinski definition) is 5. The van der Waals surface area contributed by atoms with E-state index in [1.54, 1.807) is 18.3 Å². The number of para-hydroxylation sites is 1. The van der Waals surface area contributed by atoms with E-state index in [2.05, 4.69) is 10.4 Å². The van der Waals surface area contributed by atoms with Crippen molar-refractivity contribution in [3.63, 3.8) is 0 Å². The average molecular weight is 295 g/mol. The van der Waals surface area contributed by atoms with Gasteiger partial charge in [-0.1, -0.05) is 12.1 Å². The number of primary sulfonamides is 1. The highest BCUT2D eigenvalue weighted by Gasteiger charge is 2.15. The maximum atomic E-state index is 11.8. The fourth-order valence-corrected chi connectivity index (χ4v) is 2.31. The van der Waals surface area contributed by atoms with Gasteiger partial charge in [0.2, 0.25) is 15.9 Å². The van der Waals surface area contributed by atoms with Crippen LogP contribution in [-0.4, -0.2) is 24.1 Å². The molecule has 2 rings (SSSR count). The Kier molecular flexibility index (Phi) is 3.72. The Morgan fingerprint density at radius 3 is 2.60 bits per heavy atom. The van der Waals surface area contributed by atoms with Crippen molar-refractivity contribution in [2.45, 2.75) is 11.4 Å². The van der Waals surface area contributed by atoms with Crippen molar-refractivity contribution in [1.82, 2.24) is 9.78 Å². The van der Waals surface area contributed by atoms with E-state index in [1.807, 2.05) is 0 Å². The third-order valence-corrected chi connectivity index (χ3v) is 3.40. The highest BCUT2D eigenvalue weighted by Crippen LogP contribution is 2.19. The van der Waals surface area contributed by atoms with E-state index < -0.39 is 15.9 Å². The van der Waals surface area contributed by atoms with Crippen LogP contribution < -0.4 is 16.2 Å². The van der Waals surface area contributed by atoms with Crippen LogP contribution in [0.25, 0.3) is 0 Å². The van der Waals surface area contributed by atoms with Gasteiger partial charge in [0.05, 0.1) is 5.69 Å². The van der Waals surface area contributed by atoms with E-state index in [9.17, 15) is 13.2 Å². The van der Waals surface area contributed by atoms with Crippen molar-refractivity contribution in [1.29, 1.82) is 0 Å². The van der Waals surface area contributed by atoms with Gasteiger partial charge in [0.1, 0.15) is 17.3 Å². The molecule has 1 heterocycles. The highest BCUT2D eigenvalue weighted by atomic mass is 32.2. The molecule has 0 radical (unpaired) electrons. The lowest BCUT2D eigenvalue weighted by Crippen LogP contribution is -2.22. The molecule has 0 atom stereocenters. The van der Waals surface area contributed by atoms with Crippen LogP contribution in [0, 0.1) is 0 Å². The van der Waals surface area contributed by atoms with Crippen molar-refractivity contribution in [2.75, 3.05) is 11.1 Å². The summed E-state index contributed by atoms with van der Waals surface area (Å²) in [6.07, 6.45) is 1.54. The van der Waals surface area contributed by atoms with Crippen LogP contribution in [0.2, 0.25) is 0 Å². The van der Waals surface area contributed by atoms with Crippen molar-refractivity contribution in [3.8, 4) is 0 Å². The topological polar surface area (TPSA) is 133 Å². The lowest BCUT2D eigenvalue weighted by atomic mass is 10.3. The number of hydrogen-bond donors (Lipinski definition) is 3. The van der Waals surface area contributed by atoms with Crippen molar-refractivity contribution in [2.24, 2.45) is 5.14 Å². The molecule has 0 spiro atoms. The van der Waals surface area contributed by atoms with E-state index in [4.69, 9.17) is 10.9 Å². The highest BCUT2D eigenvalue weighted by molar-refractivity contribution is 7.89. The van der Waals surface area contributed by atoms with Gasteiger partial charge in [0.25, 0.3) is 0 Å². The Bertz CT molecular complexity index is 738. The van der Waals surface area contributed by atoms with Crippen LogP contribution in [0.15, 0.2) is 41.4 Å². The minimum atomic E-state index is -3.90. The number of nitrogens with one attached hydrogen (secondary N) is 1. The third kappa shape index (κ3) is 3.33. The van der Waals surface area contributed by atoms with Crippen molar-refractivity contribution >= 4 is 27.4 Å². The predicted molar refractivity (Wildman–Crippen MR) is 73.1 cm³/mol. The largest absolute Gasteiger partial charge is 0.382 e. The Hall–Kier alpha value is -2.39. The Morgan fingerprint density at radius 2 is 2.00 bits per heavy atom. The fraction of sp³-hybridized carbons (Fsp3) is 0.0909. The maximum Gasteiger partial charge on any atom is 0.246 e. The Labute approximate surface area is 115 Å². The minimum Gasteiger partial charge on any atom is -0.382 e. The molecule has 0 unspecified atom stereocenters. The fourth-order valence-electron chi connectivity index (χ4n) is 1.62. The summed E-state index contributed by atoms with van der Waals surface area (Å²) in [6.45, 7) is -0.0871. The molecule has 0 aliphatic rings. The monoisotopic (exact) mass is 295 g/mol. The molecule has 5 N–H and O–H groups in total. The lowest BCUT2D eigenvalue weighted by Gasteiger charge is -2.09. The van der Waals surface area contributed by atoms with Gasteiger partial charge in [-0.2, -0.15) is 5.10 Å². The zero-order valence-corrected chi connectivity index (χ0v) is 11.2. The van der Waals surface area contributed by atoms with Crippen molar-refractivity contribution < 1.29 is 13.2 Å². The summed E-state index contributed by atoms with van der Waals surface area (Å²) < 4.78 is 24.1. The maximum absolute atomic E-state index is 11.8. The number of nitrogen functional groups attached to an aromatic ring is 1. The van der Waals surface area contributed by atoms with Gasteiger partial charge in [-0.15, -0.1) is 0 Å². The molecule has 0 saturated carbocycles. The number of carbonyl (C=O) groups is 1. The van der Waals surface area contributed by atoms with Crippen molar-refractivity contribution in [3.05, 3.63) is 36.5 Å². The van der Waals surface area contributed by atoms with Gasteiger partial charge < -0.3 is 11.1 Å². The van der Waals surface area contributed by atoms with Gasteiger partial charge in [-0.3, -0.25) is 9.48 Å². The summed E-state index contributed by atoms with van der Waals surface area (Å²) >= 11 is 0. The molecule has 20 heavy (non-hydrogen) atoms. The first-order valence-corrected chi connectivity index (χ1v) is 7.11. The van der Waals surface area contributed by atoms with Gasteiger partial charge in [0.15, 0.2) is 0 Å². The molecule has 1 aromatic heterocycles. The summed E-state index contributed by atoms with van der Waals surface area (Å²) in [7, 11) is -3.90. The molecular weight excluding hydrogens is 282 g/mol. The number of aromatic nitrogens is 2. The second-order valence-corrected chi connectivity index (χ2v) is 5.56. The Balaban J connectivity index is 2.16. The molecule has 106 valence electrons. The van der Waals surface area contributed by atoms with Crippen LogP contribution in [0.3, 0.4) is 0 Å². The number of sulfonamides is 1. The molecule has 8 nitrogen and oxygen atoms in total. The van der Waals surface area contributed by atoms with Crippen LogP contribution >= 0.6 is 0 Å². The summed E-state index contributed by atoms with van der Waals surface area (Å²) in [5.74, 6) is -0.146. The molecule has 0 saturated heterocycles. The summed E-state index contributed by atoms with van der Waals surface area (Å²) in [5, 5.41) is 11.4. The third-order valence-electron chi connectivity index (χ3n) is 2.43. The van der Waals surface area contributed by atoms with Gasteiger partial charge >= 0.3 is 0 Å². The molecule has 2 aromatic rings. The summed E-state index contributed by atoms with van der Waals surface area (Å²) in [4.78, 5) is 11.7. The minimum absolute atomic E-state index is 0.0871. The van der Waals surface area contributed by atoms with E-state index in [0.29, 0.717) is 5.82 Å². The first kappa shape index (κ1) is 14.0. The van der Waals surface area contributed by atoms with Crippen LogP contribution in [0.5, 0.6) is 0 Å². The van der Waals surface area contributed by atoms with E-state index in [1.165, 1.54) is 22.9 Å². The predicted octanol–water partition coefficient (Wildman–Crippen LogP) is -0.249. The molecule has 0 bridgehead atoms. The zero-order chi connectivity index (χ0) is 14.8. The van der Waals surface area contributed by atoms with Crippen LogP contribution in [-0.2, 0) is 21.4 Å². The number of anilines is 2. The number of amides is 1. The molecule has 0 aliphatic heterocycles. The number of benzene rings is 1. The molecule has 9 heteroatoms. The molecular formula is C11H13N5O3S. The zero-order valence-electron chi connectivity index (χ0n) is 10.4. The van der Waals surface area contributed by atoms with Crippen LogP contribution in [0.1, 0.15) is 0 Å². The molecule has 0 fully saturated rings. The molecule has 1 aromatic carbocycles. The second-order valence-electron chi connectivity index (χ2n) is 4.03. The van der Waals surface area contributed by atoms with E-state index in [0.717, 1.165) is 0 Å². The SMILES string of the molecule is Nc1ccn(CC(=O)Nc2ccccc2S(N)(=O)=O)n1. The number of nitrogens with two attached hydrogens (primary N) is 2. The summed E-state index contributed by atoms with van der Waals surface area (Å²) in [5.41, 5.74) is 5.55. The van der Waals surface area contributed by atoms with Gasteiger partial charge in [-0.25, -0.2) is 13.6 Å². The quantitative estimate of drug-likeness (QED) is 0.715. The van der Waals surface area contributed by atoms with Crippen LogP contribution in [0.4, 0.5) is 11.5 Å². The normalized spacial score (nSPS) is 11.2. The first-order chi connectivity index (χ1) is 9.36. The second kappa shape index (κ2) is 5.31. The lowest BCUT2D eigenvalue weighted by molar-refractivity contribution is -0.116.